The molecule has 0 saturated carbocycles. The van der Waals surface area contributed by atoms with Crippen molar-refractivity contribution in [2.24, 2.45) is 12.8 Å². The highest BCUT2D eigenvalue weighted by Crippen LogP contribution is 2.25. The van der Waals surface area contributed by atoms with Gasteiger partial charge >= 0.3 is 0 Å². The molecular weight excluding hydrogens is 234 g/mol. The molecule has 2 aromatic rings. The summed E-state index contributed by atoms with van der Waals surface area (Å²) in [7, 11) is 2.05. The van der Waals surface area contributed by atoms with E-state index in [0.29, 0.717) is 6.54 Å². The van der Waals surface area contributed by atoms with Crippen LogP contribution in [0.15, 0.2) is 30.5 Å². The molecule has 0 saturated heterocycles. The van der Waals surface area contributed by atoms with Crippen molar-refractivity contribution < 1.29 is 0 Å². The largest absolute Gasteiger partial charge is 0.331 e. The van der Waals surface area contributed by atoms with Gasteiger partial charge in [0.05, 0.1) is 0 Å². The van der Waals surface area contributed by atoms with E-state index in [-0.39, 0.29) is 5.41 Å². The fraction of sp³-hybridized carbons (Fsp3) is 0.438. The third-order valence-corrected chi connectivity index (χ3v) is 3.49. The number of aromatic nitrogens is 2. The molecule has 102 valence electrons. The van der Waals surface area contributed by atoms with E-state index in [0.717, 1.165) is 17.8 Å². The van der Waals surface area contributed by atoms with Crippen LogP contribution in [0.4, 0.5) is 0 Å². The molecule has 0 fully saturated rings. The molecule has 0 bridgehead atoms. The highest BCUT2D eigenvalue weighted by atomic mass is 15.1. The lowest BCUT2D eigenvalue weighted by Crippen LogP contribution is -2.10. The highest BCUT2D eigenvalue weighted by molar-refractivity contribution is 5.57. The number of nitrogens with zero attached hydrogens (tertiary/aromatic N) is 2. The van der Waals surface area contributed by atoms with Gasteiger partial charge in [0.25, 0.3) is 0 Å². The van der Waals surface area contributed by atoms with E-state index in [9.17, 15) is 0 Å². The average molecular weight is 257 g/mol. The van der Waals surface area contributed by atoms with Crippen LogP contribution >= 0.6 is 0 Å². The lowest BCUT2D eigenvalue weighted by atomic mass is 9.87. The third kappa shape index (κ3) is 2.87. The summed E-state index contributed by atoms with van der Waals surface area (Å²) >= 11 is 0. The fourth-order valence-electron chi connectivity index (χ4n) is 2.21. The number of nitrogens with two attached hydrogens (primary N) is 1. The zero-order chi connectivity index (χ0) is 14.0. The summed E-state index contributed by atoms with van der Waals surface area (Å²) < 4.78 is 2.12. The van der Waals surface area contributed by atoms with E-state index in [2.05, 4.69) is 54.6 Å². The quantitative estimate of drug-likeness (QED) is 0.919. The van der Waals surface area contributed by atoms with Crippen molar-refractivity contribution in [3.05, 3.63) is 41.7 Å². The first kappa shape index (κ1) is 13.8. The third-order valence-electron chi connectivity index (χ3n) is 3.49. The molecule has 0 aliphatic heterocycles. The first-order valence-corrected chi connectivity index (χ1v) is 6.75. The van der Waals surface area contributed by atoms with Crippen LogP contribution in [0, 0.1) is 0 Å². The molecule has 19 heavy (non-hydrogen) atoms. The Morgan fingerprint density at radius 2 is 1.79 bits per heavy atom. The number of hydrogen-bond donors (Lipinski definition) is 1. The Kier molecular flexibility index (Phi) is 3.76. The van der Waals surface area contributed by atoms with E-state index < -0.39 is 0 Å². The monoisotopic (exact) mass is 257 g/mol. The van der Waals surface area contributed by atoms with Crippen LogP contribution in [0.2, 0.25) is 0 Å². The molecule has 0 radical (unpaired) electrons. The molecule has 1 heterocycles. The van der Waals surface area contributed by atoms with Gasteiger partial charge in [-0.2, -0.15) is 0 Å². The average Bonchev–Trinajstić information content (AvgIpc) is 2.71. The first-order valence-electron chi connectivity index (χ1n) is 6.75. The second kappa shape index (κ2) is 5.17. The van der Waals surface area contributed by atoms with Gasteiger partial charge in [0.1, 0.15) is 5.82 Å². The summed E-state index contributed by atoms with van der Waals surface area (Å²) in [4.78, 5) is 4.50. The Morgan fingerprint density at radius 3 is 2.32 bits per heavy atom. The maximum Gasteiger partial charge on any atom is 0.139 e. The number of imidazole rings is 1. The van der Waals surface area contributed by atoms with Crippen molar-refractivity contribution in [3.63, 3.8) is 0 Å². The molecule has 1 aromatic heterocycles. The summed E-state index contributed by atoms with van der Waals surface area (Å²) in [5.74, 6) is 1.00. The predicted octanol–water partition coefficient (Wildman–Crippen LogP) is 2.89. The summed E-state index contributed by atoms with van der Waals surface area (Å²) in [6, 6.07) is 8.67. The Hall–Kier alpha value is -1.61. The van der Waals surface area contributed by atoms with Gasteiger partial charge in [0.2, 0.25) is 0 Å². The Bertz CT molecular complexity index is 544. The zero-order valence-electron chi connectivity index (χ0n) is 12.3. The second-order valence-electron chi connectivity index (χ2n) is 6.00. The zero-order valence-corrected chi connectivity index (χ0v) is 12.3. The van der Waals surface area contributed by atoms with E-state index in [1.165, 1.54) is 11.3 Å². The molecule has 0 atom stereocenters. The minimum atomic E-state index is 0.185. The van der Waals surface area contributed by atoms with Gasteiger partial charge in [-0.1, -0.05) is 45.0 Å². The number of benzene rings is 1. The van der Waals surface area contributed by atoms with Gasteiger partial charge in [0, 0.05) is 30.9 Å². The molecule has 0 spiro atoms. The maximum atomic E-state index is 5.60. The molecule has 3 heteroatoms. The van der Waals surface area contributed by atoms with Gasteiger partial charge in [-0.3, -0.25) is 0 Å². The molecule has 2 N–H and O–H groups in total. The SMILES string of the molecule is Cn1c(CCN)cnc1-c1ccc(C(C)(C)C)cc1. The maximum absolute atomic E-state index is 5.60. The number of rotatable bonds is 3. The van der Waals surface area contributed by atoms with Crippen LogP contribution < -0.4 is 5.73 Å². The van der Waals surface area contributed by atoms with Gasteiger partial charge < -0.3 is 10.3 Å². The topological polar surface area (TPSA) is 43.8 Å². The van der Waals surface area contributed by atoms with Gasteiger partial charge in [-0.15, -0.1) is 0 Å². The summed E-state index contributed by atoms with van der Waals surface area (Å²) in [6.07, 6.45) is 2.78. The smallest absolute Gasteiger partial charge is 0.139 e. The van der Waals surface area contributed by atoms with Crippen molar-refractivity contribution in [1.82, 2.24) is 9.55 Å². The minimum absolute atomic E-state index is 0.185. The Morgan fingerprint density at radius 1 is 1.16 bits per heavy atom. The molecule has 3 nitrogen and oxygen atoms in total. The van der Waals surface area contributed by atoms with E-state index in [4.69, 9.17) is 5.73 Å². The van der Waals surface area contributed by atoms with E-state index in [1.807, 2.05) is 13.2 Å². The Labute approximate surface area is 115 Å². The predicted molar refractivity (Wildman–Crippen MR) is 80.1 cm³/mol. The van der Waals surface area contributed by atoms with Gasteiger partial charge in [-0.25, -0.2) is 4.98 Å². The van der Waals surface area contributed by atoms with Crippen molar-refractivity contribution >= 4 is 0 Å². The van der Waals surface area contributed by atoms with Crippen LogP contribution in [0.5, 0.6) is 0 Å². The number of hydrogen-bond acceptors (Lipinski definition) is 2. The molecule has 0 aliphatic rings. The fourth-order valence-corrected chi connectivity index (χ4v) is 2.21. The molecule has 0 aliphatic carbocycles. The molecular formula is C16H23N3. The Balaban J connectivity index is 2.32. The van der Waals surface area contributed by atoms with Crippen molar-refractivity contribution in [2.45, 2.75) is 32.6 Å². The van der Waals surface area contributed by atoms with Crippen molar-refractivity contribution in [1.29, 1.82) is 0 Å². The van der Waals surface area contributed by atoms with Crippen LogP contribution in [-0.4, -0.2) is 16.1 Å². The highest BCUT2D eigenvalue weighted by Gasteiger charge is 2.14. The van der Waals surface area contributed by atoms with E-state index in [1.54, 1.807) is 0 Å². The van der Waals surface area contributed by atoms with Crippen molar-refractivity contribution in [3.8, 4) is 11.4 Å². The van der Waals surface area contributed by atoms with Crippen LogP contribution in [0.25, 0.3) is 11.4 Å². The van der Waals surface area contributed by atoms with Crippen molar-refractivity contribution in [2.75, 3.05) is 6.54 Å². The first-order chi connectivity index (χ1) is 8.93. The van der Waals surface area contributed by atoms with E-state index >= 15 is 0 Å². The molecule has 0 amide bonds. The summed E-state index contributed by atoms with van der Waals surface area (Å²) in [5.41, 5.74) is 9.46. The normalized spacial score (nSPS) is 11.8. The van der Waals surface area contributed by atoms with Crippen LogP contribution in [0.1, 0.15) is 32.0 Å². The second-order valence-corrected chi connectivity index (χ2v) is 6.00. The standard InChI is InChI=1S/C16H23N3/c1-16(2,3)13-7-5-12(6-8-13)15-18-11-14(9-10-17)19(15)4/h5-8,11H,9-10,17H2,1-4H3. The minimum Gasteiger partial charge on any atom is -0.331 e. The van der Waals surface area contributed by atoms with Gasteiger partial charge in [0.15, 0.2) is 0 Å². The van der Waals surface area contributed by atoms with Gasteiger partial charge in [-0.05, 0) is 17.5 Å². The lowest BCUT2D eigenvalue weighted by Gasteiger charge is -2.19. The summed E-state index contributed by atoms with van der Waals surface area (Å²) in [5, 5.41) is 0. The lowest BCUT2D eigenvalue weighted by molar-refractivity contribution is 0.590. The summed E-state index contributed by atoms with van der Waals surface area (Å²) in [6.45, 7) is 7.33. The molecule has 2 rings (SSSR count). The van der Waals surface area contributed by atoms with Crippen LogP contribution in [0.3, 0.4) is 0 Å². The molecule has 0 unspecified atom stereocenters. The van der Waals surface area contributed by atoms with Crippen LogP contribution in [-0.2, 0) is 18.9 Å². The molecule has 1 aromatic carbocycles.